The third-order valence-electron chi connectivity index (χ3n) is 2.16. The lowest BCUT2D eigenvalue weighted by atomic mass is 10.3. The normalized spacial score (nSPS) is 12.5. The van der Waals surface area contributed by atoms with Gasteiger partial charge in [0.15, 0.2) is 0 Å². The number of amides is 1. The molecule has 0 aromatic carbocycles. The van der Waals surface area contributed by atoms with Gasteiger partial charge in [0.05, 0.1) is 6.04 Å². The molecule has 1 aromatic heterocycles. The highest BCUT2D eigenvalue weighted by Gasteiger charge is 2.14. The molecular formula is C10H17N3OS. The maximum atomic E-state index is 11.5. The van der Waals surface area contributed by atoms with Gasteiger partial charge in [-0.25, -0.2) is 0 Å². The lowest BCUT2D eigenvalue weighted by molar-refractivity contribution is -0.130. The molecule has 1 unspecified atom stereocenters. The van der Waals surface area contributed by atoms with E-state index >= 15 is 0 Å². The van der Waals surface area contributed by atoms with Gasteiger partial charge in [0.2, 0.25) is 5.91 Å². The first kappa shape index (κ1) is 12.0. The van der Waals surface area contributed by atoms with Crippen LogP contribution in [0.4, 0.5) is 5.69 Å². The molecule has 0 aliphatic carbocycles. The Morgan fingerprint density at radius 2 is 2.33 bits per heavy atom. The van der Waals surface area contributed by atoms with E-state index in [9.17, 15) is 4.79 Å². The Bertz CT molecular complexity index is 335. The molecule has 0 fully saturated rings. The third-order valence-corrected chi connectivity index (χ3v) is 3.10. The van der Waals surface area contributed by atoms with Gasteiger partial charge in [0.25, 0.3) is 0 Å². The summed E-state index contributed by atoms with van der Waals surface area (Å²) in [5.74, 6) is 0.0742. The molecule has 0 spiro atoms. The minimum absolute atomic E-state index is 0.0742. The van der Waals surface area contributed by atoms with Crippen LogP contribution in [0.1, 0.15) is 11.8 Å². The molecule has 0 radical (unpaired) electrons. The minimum atomic E-state index is -0.179. The van der Waals surface area contributed by atoms with E-state index in [1.54, 1.807) is 30.3 Å². The number of hydrogen-bond donors (Lipinski definition) is 2. The maximum Gasteiger partial charge on any atom is 0.238 e. The average Bonchev–Trinajstić information content (AvgIpc) is 2.59. The summed E-state index contributed by atoms with van der Waals surface area (Å²) in [7, 11) is 3.50. The molecule has 5 heteroatoms. The summed E-state index contributed by atoms with van der Waals surface area (Å²) in [6.07, 6.45) is 0. The van der Waals surface area contributed by atoms with Crippen molar-refractivity contribution in [2.24, 2.45) is 0 Å². The second-order valence-corrected chi connectivity index (χ2v) is 4.64. The summed E-state index contributed by atoms with van der Waals surface area (Å²) in [6.45, 7) is 2.50. The minimum Gasteiger partial charge on any atom is -0.398 e. The van der Waals surface area contributed by atoms with Gasteiger partial charge in [0, 0.05) is 31.2 Å². The molecule has 1 aromatic rings. The van der Waals surface area contributed by atoms with E-state index in [0.717, 1.165) is 10.6 Å². The predicted octanol–water partition coefficient (Wildman–Crippen LogP) is 0.897. The second kappa shape index (κ2) is 5.14. The Labute approximate surface area is 94.1 Å². The number of nitrogen functional groups attached to an aromatic ring is 1. The quantitative estimate of drug-likeness (QED) is 0.803. The maximum absolute atomic E-state index is 11.5. The second-order valence-electron chi connectivity index (χ2n) is 3.63. The molecule has 3 N–H and O–H groups in total. The van der Waals surface area contributed by atoms with Crippen molar-refractivity contribution in [2.75, 3.05) is 19.8 Å². The van der Waals surface area contributed by atoms with Gasteiger partial charge in [-0.1, -0.05) is 0 Å². The van der Waals surface area contributed by atoms with E-state index in [1.165, 1.54) is 0 Å². The first-order chi connectivity index (χ1) is 7.02. The van der Waals surface area contributed by atoms with Crippen molar-refractivity contribution in [3.05, 3.63) is 16.3 Å². The Morgan fingerprint density at radius 3 is 2.80 bits per heavy atom. The van der Waals surface area contributed by atoms with Crippen LogP contribution in [-0.2, 0) is 11.3 Å². The van der Waals surface area contributed by atoms with E-state index in [2.05, 4.69) is 5.32 Å². The molecule has 0 aliphatic rings. The topological polar surface area (TPSA) is 58.4 Å². The molecule has 1 rings (SSSR count). The zero-order chi connectivity index (χ0) is 11.4. The monoisotopic (exact) mass is 227 g/mol. The lowest BCUT2D eigenvalue weighted by Gasteiger charge is -2.17. The van der Waals surface area contributed by atoms with Crippen molar-refractivity contribution in [1.82, 2.24) is 10.2 Å². The van der Waals surface area contributed by atoms with E-state index < -0.39 is 0 Å². The molecule has 84 valence electrons. The Balaban J connectivity index is 2.44. The van der Waals surface area contributed by atoms with Crippen molar-refractivity contribution in [3.63, 3.8) is 0 Å². The number of rotatable bonds is 4. The summed E-state index contributed by atoms with van der Waals surface area (Å²) in [5.41, 5.74) is 6.53. The number of carbonyl (C=O) groups excluding carboxylic acids is 1. The van der Waals surface area contributed by atoms with Gasteiger partial charge in [-0.2, -0.15) is 0 Å². The van der Waals surface area contributed by atoms with Crippen molar-refractivity contribution in [1.29, 1.82) is 0 Å². The van der Waals surface area contributed by atoms with E-state index in [0.29, 0.717) is 6.54 Å². The molecule has 1 atom stereocenters. The number of nitrogens with one attached hydrogen (secondary N) is 1. The van der Waals surface area contributed by atoms with E-state index in [4.69, 9.17) is 5.73 Å². The highest BCUT2D eigenvalue weighted by Crippen LogP contribution is 2.18. The van der Waals surface area contributed by atoms with Crippen LogP contribution >= 0.6 is 11.3 Å². The van der Waals surface area contributed by atoms with Crippen LogP contribution in [0.25, 0.3) is 0 Å². The smallest absolute Gasteiger partial charge is 0.238 e. The van der Waals surface area contributed by atoms with E-state index in [1.807, 2.05) is 18.4 Å². The summed E-state index contributed by atoms with van der Waals surface area (Å²) in [5, 5.41) is 5.10. The number of thiophene rings is 1. The number of likely N-dealkylation sites (N-methyl/N-ethyl adjacent to an activating group) is 1. The number of nitrogens with two attached hydrogens (primary N) is 1. The summed E-state index contributed by atoms with van der Waals surface area (Å²) in [4.78, 5) is 14.2. The van der Waals surface area contributed by atoms with Crippen LogP contribution in [0.15, 0.2) is 11.4 Å². The highest BCUT2D eigenvalue weighted by atomic mass is 32.1. The number of hydrogen-bond acceptors (Lipinski definition) is 4. The van der Waals surface area contributed by atoms with Crippen molar-refractivity contribution in [2.45, 2.75) is 19.5 Å². The summed E-state index contributed by atoms with van der Waals surface area (Å²) < 4.78 is 0. The van der Waals surface area contributed by atoms with Gasteiger partial charge >= 0.3 is 0 Å². The Hall–Kier alpha value is -1.07. The van der Waals surface area contributed by atoms with Crippen LogP contribution in [0.3, 0.4) is 0 Å². The van der Waals surface area contributed by atoms with Gasteiger partial charge in [0.1, 0.15) is 0 Å². The first-order valence-electron chi connectivity index (χ1n) is 4.78. The highest BCUT2D eigenvalue weighted by molar-refractivity contribution is 7.10. The molecular weight excluding hydrogens is 210 g/mol. The largest absolute Gasteiger partial charge is 0.398 e. The SMILES string of the molecule is CC(NCc1sccc1N)C(=O)N(C)C. The van der Waals surface area contributed by atoms with Gasteiger partial charge in [-0.15, -0.1) is 11.3 Å². The molecule has 1 amide bonds. The van der Waals surface area contributed by atoms with Crippen LogP contribution in [0.2, 0.25) is 0 Å². The fraction of sp³-hybridized carbons (Fsp3) is 0.500. The fourth-order valence-electron chi connectivity index (χ4n) is 1.21. The van der Waals surface area contributed by atoms with Crippen molar-refractivity contribution >= 4 is 22.9 Å². The van der Waals surface area contributed by atoms with Crippen LogP contribution in [0.5, 0.6) is 0 Å². The molecule has 0 saturated heterocycles. The van der Waals surface area contributed by atoms with Gasteiger partial charge in [-0.05, 0) is 18.4 Å². The van der Waals surface area contributed by atoms with Crippen molar-refractivity contribution < 1.29 is 4.79 Å². The Morgan fingerprint density at radius 1 is 1.67 bits per heavy atom. The standard InChI is InChI=1S/C10H17N3OS/c1-7(10(14)13(2)3)12-6-9-8(11)4-5-15-9/h4-5,7,12H,6,11H2,1-3H3. The number of nitrogens with zero attached hydrogens (tertiary/aromatic N) is 1. The van der Waals surface area contributed by atoms with Crippen molar-refractivity contribution in [3.8, 4) is 0 Å². The zero-order valence-corrected chi connectivity index (χ0v) is 10.1. The van der Waals surface area contributed by atoms with Gasteiger partial charge in [-0.3, -0.25) is 4.79 Å². The number of anilines is 1. The van der Waals surface area contributed by atoms with E-state index in [-0.39, 0.29) is 11.9 Å². The number of carbonyl (C=O) groups is 1. The first-order valence-corrected chi connectivity index (χ1v) is 5.66. The summed E-state index contributed by atoms with van der Waals surface area (Å²) >= 11 is 1.60. The molecule has 1 heterocycles. The van der Waals surface area contributed by atoms with Crippen LogP contribution in [-0.4, -0.2) is 30.9 Å². The molecule has 15 heavy (non-hydrogen) atoms. The van der Waals surface area contributed by atoms with Crippen LogP contribution < -0.4 is 11.1 Å². The zero-order valence-electron chi connectivity index (χ0n) is 9.28. The fourth-order valence-corrected chi connectivity index (χ4v) is 1.96. The summed E-state index contributed by atoms with van der Waals surface area (Å²) in [6, 6.07) is 1.70. The third kappa shape index (κ3) is 3.21. The molecule has 4 nitrogen and oxygen atoms in total. The predicted molar refractivity (Wildman–Crippen MR) is 63.7 cm³/mol. The molecule has 0 saturated carbocycles. The lowest BCUT2D eigenvalue weighted by Crippen LogP contribution is -2.41. The molecule has 0 aliphatic heterocycles. The average molecular weight is 227 g/mol. The Kier molecular flexibility index (Phi) is 4.11. The molecule has 0 bridgehead atoms. The van der Waals surface area contributed by atoms with Crippen LogP contribution in [0, 0.1) is 0 Å². The van der Waals surface area contributed by atoms with Gasteiger partial charge < -0.3 is 16.0 Å².